The van der Waals surface area contributed by atoms with E-state index in [4.69, 9.17) is 16.0 Å². The second-order valence-electron chi connectivity index (χ2n) is 4.51. The van der Waals surface area contributed by atoms with Gasteiger partial charge in [0.25, 0.3) is 0 Å². The molecule has 0 atom stereocenters. The van der Waals surface area contributed by atoms with Crippen molar-refractivity contribution in [2.24, 2.45) is 0 Å². The van der Waals surface area contributed by atoms with Gasteiger partial charge in [-0.15, -0.1) is 0 Å². The van der Waals surface area contributed by atoms with Gasteiger partial charge in [0.2, 0.25) is 0 Å². The molecule has 0 bridgehead atoms. The van der Waals surface area contributed by atoms with Crippen molar-refractivity contribution in [2.75, 3.05) is 13.1 Å². The van der Waals surface area contributed by atoms with Crippen molar-refractivity contribution in [2.45, 2.75) is 18.5 Å². The minimum atomic E-state index is -1.34. The number of hydrogen-bond donors (Lipinski definition) is 1. The molecule has 2 aromatic rings. The lowest BCUT2D eigenvalue weighted by atomic mass is 9.92. The van der Waals surface area contributed by atoms with E-state index in [1.807, 2.05) is 0 Å². The Morgan fingerprint density at radius 3 is 2.76 bits per heavy atom. The fraction of sp³-hybridized carbons (Fsp3) is 0.385. The van der Waals surface area contributed by atoms with Gasteiger partial charge in [-0.2, -0.15) is 0 Å². The van der Waals surface area contributed by atoms with Crippen molar-refractivity contribution in [3.05, 3.63) is 35.0 Å². The highest BCUT2D eigenvalue weighted by Crippen LogP contribution is 2.38. The van der Waals surface area contributed by atoms with Crippen LogP contribution in [0.25, 0.3) is 11.0 Å². The third-order valence-corrected chi connectivity index (χ3v) is 3.55. The number of alkyl halides is 1. The Bertz CT molecular complexity index is 545. The Morgan fingerprint density at radius 1 is 1.24 bits per heavy atom. The zero-order chi connectivity index (χ0) is 11.9. The van der Waals surface area contributed by atoms with Gasteiger partial charge in [0.05, 0.1) is 0 Å². The van der Waals surface area contributed by atoms with Gasteiger partial charge in [0, 0.05) is 23.3 Å². The highest BCUT2D eigenvalue weighted by molar-refractivity contribution is 6.31. The Hall–Kier alpha value is -1.06. The van der Waals surface area contributed by atoms with E-state index in [1.54, 1.807) is 24.3 Å². The topological polar surface area (TPSA) is 25.2 Å². The van der Waals surface area contributed by atoms with Crippen LogP contribution in [0.15, 0.2) is 28.7 Å². The van der Waals surface area contributed by atoms with E-state index in [9.17, 15) is 4.39 Å². The summed E-state index contributed by atoms with van der Waals surface area (Å²) in [5.41, 5.74) is -0.642. The van der Waals surface area contributed by atoms with Crippen LogP contribution in [-0.2, 0) is 5.67 Å². The molecule has 4 heteroatoms. The van der Waals surface area contributed by atoms with Crippen LogP contribution in [0.3, 0.4) is 0 Å². The molecule has 1 aliphatic heterocycles. The van der Waals surface area contributed by atoms with Crippen LogP contribution in [0.5, 0.6) is 0 Å². The minimum Gasteiger partial charge on any atom is -0.458 e. The number of halogens is 2. The Kier molecular flexibility index (Phi) is 2.60. The molecule has 1 aliphatic rings. The summed E-state index contributed by atoms with van der Waals surface area (Å²) in [7, 11) is 0. The maximum Gasteiger partial charge on any atom is 0.170 e. The molecule has 1 aromatic carbocycles. The first-order chi connectivity index (χ1) is 8.17. The van der Waals surface area contributed by atoms with Crippen LogP contribution >= 0.6 is 11.6 Å². The predicted molar refractivity (Wildman–Crippen MR) is 66.1 cm³/mol. The lowest BCUT2D eigenvalue weighted by molar-refractivity contribution is 0.0889. The Balaban J connectivity index is 2.05. The highest BCUT2D eigenvalue weighted by Gasteiger charge is 2.36. The van der Waals surface area contributed by atoms with Crippen molar-refractivity contribution in [1.82, 2.24) is 5.32 Å². The molecule has 1 fully saturated rings. The molecule has 0 spiro atoms. The van der Waals surface area contributed by atoms with Crippen molar-refractivity contribution in [1.29, 1.82) is 0 Å². The number of nitrogens with one attached hydrogen (secondary N) is 1. The highest BCUT2D eigenvalue weighted by atomic mass is 35.5. The normalized spacial score (nSPS) is 19.6. The van der Waals surface area contributed by atoms with Crippen LogP contribution in [0.4, 0.5) is 4.39 Å². The maximum atomic E-state index is 14.7. The van der Waals surface area contributed by atoms with E-state index >= 15 is 0 Å². The van der Waals surface area contributed by atoms with Crippen LogP contribution in [0, 0.1) is 0 Å². The fourth-order valence-corrected chi connectivity index (χ4v) is 2.49. The van der Waals surface area contributed by atoms with E-state index in [1.165, 1.54) is 0 Å². The number of benzene rings is 1. The first-order valence-corrected chi connectivity index (χ1v) is 6.14. The molecule has 3 rings (SSSR count). The molecule has 2 heterocycles. The second kappa shape index (κ2) is 4.00. The summed E-state index contributed by atoms with van der Waals surface area (Å²) in [6, 6.07) is 7.11. The average Bonchev–Trinajstić information content (AvgIpc) is 2.73. The second-order valence-corrected chi connectivity index (χ2v) is 4.94. The van der Waals surface area contributed by atoms with Gasteiger partial charge in [-0.3, -0.25) is 0 Å². The van der Waals surface area contributed by atoms with Crippen LogP contribution in [-0.4, -0.2) is 13.1 Å². The first kappa shape index (κ1) is 11.1. The largest absolute Gasteiger partial charge is 0.458 e. The number of piperidine rings is 1. The third-order valence-electron chi connectivity index (χ3n) is 3.32. The molecular weight excluding hydrogens is 241 g/mol. The molecule has 1 saturated heterocycles. The summed E-state index contributed by atoms with van der Waals surface area (Å²) >= 11 is 5.90. The lowest BCUT2D eigenvalue weighted by Crippen LogP contribution is -2.36. The van der Waals surface area contributed by atoms with Crippen molar-refractivity contribution >= 4 is 22.6 Å². The number of furan rings is 1. The Labute approximate surface area is 104 Å². The summed E-state index contributed by atoms with van der Waals surface area (Å²) in [5, 5.41) is 4.66. The van der Waals surface area contributed by atoms with E-state index in [0.717, 1.165) is 5.39 Å². The van der Waals surface area contributed by atoms with E-state index < -0.39 is 5.67 Å². The third kappa shape index (κ3) is 1.94. The summed E-state index contributed by atoms with van der Waals surface area (Å²) in [6.07, 6.45) is 0.918. The van der Waals surface area contributed by atoms with E-state index in [0.29, 0.717) is 42.3 Å². The molecule has 90 valence electrons. The summed E-state index contributed by atoms with van der Waals surface area (Å²) < 4.78 is 20.3. The standard InChI is InChI=1S/C13H13ClFNO/c14-10-1-2-11-9(7-10)8-12(17-11)13(15)3-5-16-6-4-13/h1-2,7-8,16H,3-6H2. The first-order valence-electron chi connectivity index (χ1n) is 5.77. The van der Waals surface area contributed by atoms with Crippen molar-refractivity contribution in [3.8, 4) is 0 Å². The molecule has 0 amide bonds. The van der Waals surface area contributed by atoms with Gasteiger partial charge in [0.15, 0.2) is 5.67 Å². The molecule has 0 aliphatic carbocycles. The maximum absolute atomic E-state index is 14.7. The molecule has 0 saturated carbocycles. The summed E-state index contributed by atoms with van der Waals surface area (Å²) in [4.78, 5) is 0. The van der Waals surface area contributed by atoms with Gasteiger partial charge in [0.1, 0.15) is 11.3 Å². The minimum absolute atomic E-state index is 0.427. The molecule has 0 unspecified atom stereocenters. The van der Waals surface area contributed by atoms with Gasteiger partial charge in [-0.1, -0.05) is 11.6 Å². The predicted octanol–water partition coefficient (Wildman–Crippen LogP) is 3.63. The molecule has 2 nitrogen and oxygen atoms in total. The molecule has 1 aromatic heterocycles. The van der Waals surface area contributed by atoms with Crippen LogP contribution in [0.1, 0.15) is 18.6 Å². The van der Waals surface area contributed by atoms with Gasteiger partial charge < -0.3 is 9.73 Å². The molecule has 17 heavy (non-hydrogen) atoms. The van der Waals surface area contributed by atoms with E-state index in [-0.39, 0.29) is 0 Å². The lowest BCUT2D eigenvalue weighted by Gasteiger charge is -2.27. The molecular formula is C13H13ClFNO. The zero-order valence-corrected chi connectivity index (χ0v) is 10.1. The van der Waals surface area contributed by atoms with Gasteiger partial charge in [-0.25, -0.2) is 4.39 Å². The average molecular weight is 254 g/mol. The van der Waals surface area contributed by atoms with E-state index in [2.05, 4.69) is 5.32 Å². The molecule has 1 N–H and O–H groups in total. The fourth-order valence-electron chi connectivity index (χ4n) is 2.30. The molecule has 0 radical (unpaired) electrons. The van der Waals surface area contributed by atoms with Gasteiger partial charge >= 0.3 is 0 Å². The number of hydrogen-bond acceptors (Lipinski definition) is 2. The van der Waals surface area contributed by atoms with Crippen molar-refractivity contribution < 1.29 is 8.81 Å². The van der Waals surface area contributed by atoms with Crippen molar-refractivity contribution in [3.63, 3.8) is 0 Å². The smallest absolute Gasteiger partial charge is 0.170 e. The number of rotatable bonds is 1. The monoisotopic (exact) mass is 253 g/mol. The van der Waals surface area contributed by atoms with Crippen LogP contribution in [0.2, 0.25) is 5.02 Å². The zero-order valence-electron chi connectivity index (χ0n) is 9.30. The quantitative estimate of drug-likeness (QED) is 0.840. The summed E-state index contributed by atoms with van der Waals surface area (Å²) in [5.74, 6) is 0.427. The SMILES string of the molecule is FC1(c2cc3cc(Cl)ccc3o2)CCNCC1. The van der Waals surface area contributed by atoms with Gasteiger partial charge in [-0.05, 0) is 37.4 Å². The number of fused-ring (bicyclic) bond motifs is 1. The van der Waals surface area contributed by atoms with Crippen LogP contribution < -0.4 is 5.32 Å². The Morgan fingerprint density at radius 2 is 2.00 bits per heavy atom. The summed E-state index contributed by atoms with van der Waals surface area (Å²) in [6.45, 7) is 1.38.